The Balaban J connectivity index is 2.65. The van der Waals surface area contributed by atoms with Crippen LogP contribution in [0.2, 0.25) is 0 Å². The summed E-state index contributed by atoms with van der Waals surface area (Å²) >= 11 is 2.77. The molecule has 2 amide bonds. The molecule has 0 saturated carbocycles. The number of nitrogens with zero attached hydrogens (tertiary/aromatic N) is 1. The van der Waals surface area contributed by atoms with Crippen LogP contribution in [0.15, 0.2) is 24.3 Å². The third kappa shape index (κ3) is 3.68. The number of hydrogen-bond acceptors (Lipinski definition) is 3. The molecule has 1 aromatic rings. The van der Waals surface area contributed by atoms with Crippen molar-refractivity contribution < 1.29 is 4.79 Å². The van der Waals surface area contributed by atoms with Crippen LogP contribution in [0.4, 0.5) is 10.5 Å². The number of nitrogens with one attached hydrogen (secondary N) is 1. The molecule has 82 valence electrons. The number of carbonyl (C=O) groups is 1. The molecule has 0 spiro atoms. The van der Waals surface area contributed by atoms with E-state index in [0.29, 0.717) is 0 Å². The molecule has 0 fully saturated rings. The molecule has 0 aliphatic rings. The molecular formula is C10H14N2OS2. The van der Waals surface area contributed by atoms with E-state index in [0.717, 1.165) is 11.3 Å². The first-order valence-corrected chi connectivity index (χ1v) is 6.79. The third-order valence-electron chi connectivity index (χ3n) is 1.77. The molecule has 0 heterocycles. The highest BCUT2D eigenvalue weighted by Crippen LogP contribution is 2.19. The van der Waals surface area contributed by atoms with Crippen molar-refractivity contribution in [3.63, 3.8) is 0 Å². The lowest BCUT2D eigenvalue weighted by Gasteiger charge is -2.16. The standard InChI is InChI=1S/C10H14N2OS2/c1-8-5-4-6-9(7-8)11-10(13)12(14-2)15-3/h4-7H,1-3H3,(H,11,13). The van der Waals surface area contributed by atoms with Crippen molar-refractivity contribution in [1.82, 2.24) is 3.71 Å². The molecule has 0 radical (unpaired) electrons. The van der Waals surface area contributed by atoms with Gasteiger partial charge in [0.15, 0.2) is 0 Å². The number of hydrogen-bond donors (Lipinski definition) is 1. The number of rotatable bonds is 3. The van der Waals surface area contributed by atoms with Gasteiger partial charge in [0.25, 0.3) is 0 Å². The van der Waals surface area contributed by atoms with Gasteiger partial charge in [-0.05, 0) is 48.5 Å². The Morgan fingerprint density at radius 2 is 2.00 bits per heavy atom. The van der Waals surface area contributed by atoms with Gasteiger partial charge in [-0.2, -0.15) is 0 Å². The molecule has 1 aromatic carbocycles. The highest BCUT2D eigenvalue weighted by Gasteiger charge is 2.10. The predicted octanol–water partition coefficient (Wildman–Crippen LogP) is 3.38. The molecule has 0 aliphatic carbocycles. The van der Waals surface area contributed by atoms with Crippen LogP contribution in [0.5, 0.6) is 0 Å². The Morgan fingerprint density at radius 1 is 1.33 bits per heavy atom. The van der Waals surface area contributed by atoms with Crippen molar-refractivity contribution in [2.75, 3.05) is 17.8 Å². The number of amides is 2. The van der Waals surface area contributed by atoms with Crippen molar-refractivity contribution in [2.45, 2.75) is 6.92 Å². The average Bonchev–Trinajstić information content (AvgIpc) is 2.19. The van der Waals surface area contributed by atoms with E-state index < -0.39 is 0 Å². The summed E-state index contributed by atoms with van der Waals surface area (Å²) in [4.78, 5) is 11.7. The van der Waals surface area contributed by atoms with E-state index in [2.05, 4.69) is 5.32 Å². The van der Waals surface area contributed by atoms with Gasteiger partial charge in [0, 0.05) is 18.2 Å². The SMILES string of the molecule is CSN(SC)C(=O)Nc1cccc(C)c1. The minimum absolute atomic E-state index is 0.111. The summed E-state index contributed by atoms with van der Waals surface area (Å²) in [6.45, 7) is 2.00. The Bertz CT molecular complexity index is 340. The van der Waals surface area contributed by atoms with E-state index in [-0.39, 0.29) is 6.03 Å². The Morgan fingerprint density at radius 3 is 2.53 bits per heavy atom. The Kier molecular flexibility index (Phi) is 4.84. The minimum Gasteiger partial charge on any atom is -0.306 e. The summed E-state index contributed by atoms with van der Waals surface area (Å²) in [6, 6.07) is 7.63. The number of urea groups is 1. The van der Waals surface area contributed by atoms with Crippen LogP contribution in [0, 0.1) is 6.92 Å². The van der Waals surface area contributed by atoms with Crippen LogP contribution in [-0.2, 0) is 0 Å². The van der Waals surface area contributed by atoms with Crippen molar-refractivity contribution in [1.29, 1.82) is 0 Å². The van der Waals surface area contributed by atoms with Gasteiger partial charge in [0.2, 0.25) is 0 Å². The van der Waals surface area contributed by atoms with Crippen LogP contribution in [0.3, 0.4) is 0 Å². The molecule has 0 aliphatic heterocycles. The summed E-state index contributed by atoms with van der Waals surface area (Å²) < 4.78 is 1.59. The van der Waals surface area contributed by atoms with Crippen molar-refractivity contribution in [3.05, 3.63) is 29.8 Å². The van der Waals surface area contributed by atoms with Gasteiger partial charge in [-0.1, -0.05) is 12.1 Å². The number of carbonyl (C=O) groups excluding carboxylic acids is 1. The summed E-state index contributed by atoms with van der Waals surface area (Å²) in [6.07, 6.45) is 3.73. The summed E-state index contributed by atoms with van der Waals surface area (Å²) in [5, 5.41) is 2.83. The fourth-order valence-electron chi connectivity index (χ4n) is 1.13. The molecule has 3 nitrogen and oxygen atoms in total. The van der Waals surface area contributed by atoms with Crippen LogP contribution >= 0.6 is 23.9 Å². The van der Waals surface area contributed by atoms with E-state index in [1.165, 1.54) is 23.9 Å². The topological polar surface area (TPSA) is 32.3 Å². The lowest BCUT2D eigenvalue weighted by atomic mass is 10.2. The largest absolute Gasteiger partial charge is 0.342 e. The number of benzene rings is 1. The number of anilines is 1. The van der Waals surface area contributed by atoms with Crippen LogP contribution in [-0.4, -0.2) is 22.3 Å². The summed E-state index contributed by atoms with van der Waals surface area (Å²) in [5.74, 6) is 0. The minimum atomic E-state index is -0.111. The summed E-state index contributed by atoms with van der Waals surface area (Å²) in [5.41, 5.74) is 1.96. The van der Waals surface area contributed by atoms with Crippen LogP contribution in [0.25, 0.3) is 0 Å². The second kappa shape index (κ2) is 5.92. The lowest BCUT2D eigenvalue weighted by Crippen LogP contribution is -2.23. The van der Waals surface area contributed by atoms with Gasteiger partial charge in [-0.3, -0.25) is 0 Å². The molecule has 0 unspecified atom stereocenters. The summed E-state index contributed by atoms with van der Waals surface area (Å²) in [7, 11) is 0. The molecule has 5 heteroatoms. The predicted molar refractivity (Wildman–Crippen MR) is 69.1 cm³/mol. The second-order valence-corrected chi connectivity index (χ2v) is 4.61. The van der Waals surface area contributed by atoms with Gasteiger partial charge < -0.3 is 5.32 Å². The fraction of sp³-hybridized carbons (Fsp3) is 0.300. The monoisotopic (exact) mass is 242 g/mol. The van der Waals surface area contributed by atoms with Gasteiger partial charge >= 0.3 is 6.03 Å². The van der Waals surface area contributed by atoms with E-state index in [1.807, 2.05) is 43.7 Å². The van der Waals surface area contributed by atoms with Gasteiger partial charge in [0.1, 0.15) is 0 Å². The zero-order valence-electron chi connectivity index (χ0n) is 8.98. The lowest BCUT2D eigenvalue weighted by molar-refractivity contribution is 0.250. The molecule has 0 aromatic heterocycles. The molecule has 0 atom stereocenters. The van der Waals surface area contributed by atoms with Crippen LogP contribution in [0.1, 0.15) is 5.56 Å². The van der Waals surface area contributed by atoms with Crippen LogP contribution < -0.4 is 5.32 Å². The van der Waals surface area contributed by atoms with E-state index in [1.54, 1.807) is 3.71 Å². The normalized spacial score (nSPS) is 9.80. The average molecular weight is 242 g/mol. The molecule has 0 bridgehead atoms. The van der Waals surface area contributed by atoms with Crippen molar-refractivity contribution in [3.8, 4) is 0 Å². The first-order chi connectivity index (χ1) is 7.17. The highest BCUT2D eigenvalue weighted by atomic mass is 32.2. The molecule has 1 rings (SSSR count). The molecule has 1 N–H and O–H groups in total. The smallest absolute Gasteiger partial charge is 0.306 e. The van der Waals surface area contributed by atoms with Gasteiger partial charge in [-0.15, -0.1) is 0 Å². The molecule has 0 saturated heterocycles. The second-order valence-electron chi connectivity index (χ2n) is 2.92. The maximum absolute atomic E-state index is 11.7. The van der Waals surface area contributed by atoms with E-state index >= 15 is 0 Å². The molecule has 15 heavy (non-hydrogen) atoms. The van der Waals surface area contributed by atoms with Gasteiger partial charge in [0.05, 0.1) is 0 Å². The first-order valence-electron chi connectivity index (χ1n) is 4.43. The third-order valence-corrected chi connectivity index (χ3v) is 3.66. The molecular weight excluding hydrogens is 228 g/mol. The van der Waals surface area contributed by atoms with E-state index in [9.17, 15) is 4.79 Å². The quantitative estimate of drug-likeness (QED) is 0.825. The first kappa shape index (κ1) is 12.3. The zero-order chi connectivity index (χ0) is 11.3. The maximum Gasteiger partial charge on any atom is 0.342 e. The Labute approximate surface area is 98.9 Å². The number of aryl methyl sites for hydroxylation is 1. The van der Waals surface area contributed by atoms with Crippen molar-refractivity contribution >= 4 is 35.6 Å². The van der Waals surface area contributed by atoms with E-state index in [4.69, 9.17) is 0 Å². The van der Waals surface area contributed by atoms with Crippen molar-refractivity contribution in [2.24, 2.45) is 0 Å². The fourth-order valence-corrected chi connectivity index (χ4v) is 2.15. The highest BCUT2D eigenvalue weighted by molar-refractivity contribution is 8.12. The maximum atomic E-state index is 11.7. The zero-order valence-corrected chi connectivity index (χ0v) is 10.6. The van der Waals surface area contributed by atoms with Gasteiger partial charge in [-0.25, -0.2) is 8.51 Å². The Hall–Kier alpha value is -0.810.